The highest BCUT2D eigenvalue weighted by molar-refractivity contribution is 4.98. The van der Waals surface area contributed by atoms with Crippen molar-refractivity contribution in [1.82, 2.24) is 9.80 Å². The van der Waals surface area contributed by atoms with Crippen LogP contribution in [0, 0.1) is 17.2 Å². The lowest BCUT2D eigenvalue weighted by molar-refractivity contribution is 0.0850. The standard InChI is InChI=1S/C14H25N3/c1-2-16-8-10-17(11-9-16)14(12-15)13-6-4-3-5-7-13/h13-14H,2-11H2,1H3. The van der Waals surface area contributed by atoms with Crippen molar-refractivity contribution in [2.75, 3.05) is 32.7 Å². The van der Waals surface area contributed by atoms with Gasteiger partial charge in [0.05, 0.1) is 6.07 Å². The zero-order chi connectivity index (χ0) is 12.1. The molecule has 1 saturated heterocycles. The van der Waals surface area contributed by atoms with E-state index in [1.807, 2.05) is 0 Å². The highest BCUT2D eigenvalue weighted by atomic mass is 15.3. The molecule has 0 spiro atoms. The summed E-state index contributed by atoms with van der Waals surface area (Å²) < 4.78 is 0. The monoisotopic (exact) mass is 235 g/mol. The lowest BCUT2D eigenvalue weighted by Gasteiger charge is -2.40. The van der Waals surface area contributed by atoms with Crippen molar-refractivity contribution in [2.24, 2.45) is 5.92 Å². The molecule has 0 radical (unpaired) electrons. The SMILES string of the molecule is CCN1CCN(C(C#N)C2CCCCC2)CC1. The van der Waals surface area contributed by atoms with Gasteiger partial charge in [0.1, 0.15) is 6.04 Å². The molecule has 17 heavy (non-hydrogen) atoms. The molecule has 0 bridgehead atoms. The smallest absolute Gasteiger partial charge is 0.101 e. The molecule has 2 aliphatic rings. The Labute approximate surface area is 105 Å². The summed E-state index contributed by atoms with van der Waals surface area (Å²) in [7, 11) is 0. The maximum atomic E-state index is 9.45. The molecule has 1 aliphatic heterocycles. The Balaban J connectivity index is 1.88. The number of rotatable bonds is 3. The van der Waals surface area contributed by atoms with Gasteiger partial charge in [0.25, 0.3) is 0 Å². The molecule has 1 saturated carbocycles. The van der Waals surface area contributed by atoms with Gasteiger partial charge in [-0.1, -0.05) is 26.2 Å². The Hall–Kier alpha value is -0.590. The molecule has 0 amide bonds. The molecular formula is C14H25N3. The molecule has 1 heterocycles. The van der Waals surface area contributed by atoms with Gasteiger partial charge in [-0.3, -0.25) is 4.90 Å². The van der Waals surface area contributed by atoms with E-state index in [1.165, 1.54) is 32.1 Å². The highest BCUT2D eigenvalue weighted by Crippen LogP contribution is 2.29. The predicted molar refractivity (Wildman–Crippen MR) is 69.7 cm³/mol. The van der Waals surface area contributed by atoms with Crippen molar-refractivity contribution in [2.45, 2.75) is 45.1 Å². The maximum absolute atomic E-state index is 9.45. The summed E-state index contributed by atoms with van der Waals surface area (Å²) in [6.45, 7) is 7.82. The summed E-state index contributed by atoms with van der Waals surface area (Å²) in [5.74, 6) is 0.641. The molecule has 0 N–H and O–H groups in total. The lowest BCUT2D eigenvalue weighted by Crippen LogP contribution is -2.52. The second kappa shape index (κ2) is 6.37. The van der Waals surface area contributed by atoms with Crippen molar-refractivity contribution in [1.29, 1.82) is 5.26 Å². The number of hydrogen-bond donors (Lipinski definition) is 0. The first-order chi connectivity index (χ1) is 8.35. The van der Waals surface area contributed by atoms with Crippen LogP contribution in [0.5, 0.6) is 0 Å². The van der Waals surface area contributed by atoms with Crippen molar-refractivity contribution in [3.63, 3.8) is 0 Å². The fourth-order valence-electron chi connectivity index (χ4n) is 3.29. The minimum Gasteiger partial charge on any atom is -0.301 e. The molecule has 0 aromatic rings. The second-order valence-electron chi connectivity index (χ2n) is 5.44. The van der Waals surface area contributed by atoms with Crippen LogP contribution in [0.15, 0.2) is 0 Å². The van der Waals surface area contributed by atoms with Gasteiger partial charge >= 0.3 is 0 Å². The van der Waals surface area contributed by atoms with Gasteiger partial charge in [0.2, 0.25) is 0 Å². The zero-order valence-electron chi connectivity index (χ0n) is 11.1. The van der Waals surface area contributed by atoms with Crippen LogP contribution in [0.25, 0.3) is 0 Å². The molecule has 96 valence electrons. The molecule has 0 aromatic heterocycles. The van der Waals surface area contributed by atoms with Gasteiger partial charge in [0.15, 0.2) is 0 Å². The summed E-state index contributed by atoms with van der Waals surface area (Å²) in [5, 5.41) is 9.45. The maximum Gasteiger partial charge on any atom is 0.101 e. The number of likely N-dealkylation sites (N-methyl/N-ethyl adjacent to an activating group) is 1. The first-order valence-corrected chi connectivity index (χ1v) is 7.21. The number of nitrogens with zero attached hydrogens (tertiary/aromatic N) is 3. The summed E-state index contributed by atoms with van der Waals surface area (Å²) in [4.78, 5) is 4.91. The molecule has 2 rings (SSSR count). The normalized spacial score (nSPS) is 26.6. The molecule has 1 aliphatic carbocycles. The minimum atomic E-state index is 0.189. The predicted octanol–water partition coefficient (Wildman–Crippen LogP) is 2.10. The van der Waals surface area contributed by atoms with Crippen LogP contribution in [0.1, 0.15) is 39.0 Å². The van der Waals surface area contributed by atoms with Crippen LogP contribution in [-0.4, -0.2) is 48.6 Å². The van der Waals surface area contributed by atoms with Crippen LogP contribution in [0.2, 0.25) is 0 Å². The summed E-state index contributed by atoms with van der Waals surface area (Å²) in [6.07, 6.45) is 6.58. The van der Waals surface area contributed by atoms with Crippen LogP contribution < -0.4 is 0 Å². The van der Waals surface area contributed by atoms with E-state index in [0.29, 0.717) is 5.92 Å². The van der Waals surface area contributed by atoms with E-state index in [1.54, 1.807) is 0 Å². The molecular weight excluding hydrogens is 210 g/mol. The first-order valence-electron chi connectivity index (χ1n) is 7.21. The van der Waals surface area contributed by atoms with E-state index in [-0.39, 0.29) is 6.04 Å². The van der Waals surface area contributed by atoms with Crippen LogP contribution in [-0.2, 0) is 0 Å². The topological polar surface area (TPSA) is 30.3 Å². The van der Waals surface area contributed by atoms with Crippen molar-refractivity contribution >= 4 is 0 Å². The molecule has 2 fully saturated rings. The largest absolute Gasteiger partial charge is 0.301 e. The molecule has 3 heteroatoms. The van der Waals surface area contributed by atoms with Crippen molar-refractivity contribution in [3.8, 4) is 6.07 Å². The van der Waals surface area contributed by atoms with Crippen LogP contribution in [0.3, 0.4) is 0 Å². The average molecular weight is 235 g/mol. The fourth-order valence-corrected chi connectivity index (χ4v) is 3.29. The summed E-state index contributed by atoms with van der Waals surface area (Å²) >= 11 is 0. The van der Waals surface area contributed by atoms with E-state index in [4.69, 9.17) is 0 Å². The van der Waals surface area contributed by atoms with Gasteiger partial charge in [-0.2, -0.15) is 5.26 Å². The van der Waals surface area contributed by atoms with Gasteiger partial charge in [-0.25, -0.2) is 0 Å². The fraction of sp³-hybridized carbons (Fsp3) is 0.929. The Kier molecular flexibility index (Phi) is 4.82. The lowest BCUT2D eigenvalue weighted by atomic mass is 9.83. The van der Waals surface area contributed by atoms with E-state index in [9.17, 15) is 5.26 Å². The van der Waals surface area contributed by atoms with Gasteiger partial charge < -0.3 is 4.90 Å². The third-order valence-corrected chi connectivity index (χ3v) is 4.48. The average Bonchev–Trinajstić information content (AvgIpc) is 2.42. The van der Waals surface area contributed by atoms with E-state index in [2.05, 4.69) is 22.8 Å². The van der Waals surface area contributed by atoms with Crippen molar-refractivity contribution < 1.29 is 0 Å². The molecule has 3 nitrogen and oxygen atoms in total. The van der Waals surface area contributed by atoms with Crippen LogP contribution >= 0.6 is 0 Å². The van der Waals surface area contributed by atoms with E-state index < -0.39 is 0 Å². The highest BCUT2D eigenvalue weighted by Gasteiger charge is 2.30. The Morgan fingerprint density at radius 2 is 1.76 bits per heavy atom. The van der Waals surface area contributed by atoms with Gasteiger partial charge in [-0.15, -0.1) is 0 Å². The van der Waals surface area contributed by atoms with Crippen LogP contribution in [0.4, 0.5) is 0 Å². The second-order valence-corrected chi connectivity index (χ2v) is 5.44. The minimum absolute atomic E-state index is 0.189. The van der Waals surface area contributed by atoms with Gasteiger partial charge in [0, 0.05) is 26.2 Å². The molecule has 1 unspecified atom stereocenters. The third-order valence-electron chi connectivity index (χ3n) is 4.48. The Morgan fingerprint density at radius 1 is 1.12 bits per heavy atom. The summed E-state index contributed by atoms with van der Waals surface area (Å²) in [6, 6.07) is 2.77. The Bertz CT molecular complexity index is 257. The zero-order valence-corrected chi connectivity index (χ0v) is 11.1. The first kappa shape index (κ1) is 12.9. The molecule has 0 aromatic carbocycles. The number of nitriles is 1. The number of piperazine rings is 1. The molecule has 1 atom stereocenters. The van der Waals surface area contributed by atoms with E-state index in [0.717, 1.165) is 32.7 Å². The summed E-state index contributed by atoms with van der Waals surface area (Å²) in [5.41, 5.74) is 0. The number of hydrogen-bond acceptors (Lipinski definition) is 3. The van der Waals surface area contributed by atoms with Crippen molar-refractivity contribution in [3.05, 3.63) is 0 Å². The van der Waals surface area contributed by atoms with E-state index >= 15 is 0 Å². The third kappa shape index (κ3) is 3.20. The quantitative estimate of drug-likeness (QED) is 0.750. The Morgan fingerprint density at radius 3 is 2.29 bits per heavy atom. The van der Waals surface area contributed by atoms with Gasteiger partial charge in [-0.05, 0) is 25.3 Å².